The fourth-order valence-corrected chi connectivity index (χ4v) is 2.38. The summed E-state index contributed by atoms with van der Waals surface area (Å²) in [5.74, 6) is 0.768. The van der Waals surface area contributed by atoms with Crippen molar-refractivity contribution >= 4 is 0 Å². The molecular formula is C18H22FNO. The number of hydrogen-bond acceptors (Lipinski definition) is 2. The van der Waals surface area contributed by atoms with Gasteiger partial charge in [-0.25, -0.2) is 4.39 Å². The Balaban J connectivity index is 1.92. The summed E-state index contributed by atoms with van der Waals surface area (Å²) in [6.45, 7) is 4.66. The summed E-state index contributed by atoms with van der Waals surface area (Å²) in [6, 6.07) is 13.6. The van der Waals surface area contributed by atoms with Crippen molar-refractivity contribution in [2.24, 2.45) is 0 Å². The first kappa shape index (κ1) is 15.5. The van der Waals surface area contributed by atoms with Crippen LogP contribution in [0.25, 0.3) is 0 Å². The largest absolute Gasteiger partial charge is 0.496 e. The van der Waals surface area contributed by atoms with Crippen LogP contribution in [-0.2, 0) is 13.0 Å². The van der Waals surface area contributed by atoms with E-state index in [9.17, 15) is 4.39 Å². The number of nitrogens with one attached hydrogen (secondary N) is 1. The Morgan fingerprint density at radius 2 is 1.95 bits per heavy atom. The summed E-state index contributed by atoms with van der Waals surface area (Å²) < 4.78 is 18.6. The van der Waals surface area contributed by atoms with Gasteiger partial charge in [-0.05, 0) is 49.1 Å². The molecule has 21 heavy (non-hydrogen) atoms. The predicted molar refractivity (Wildman–Crippen MR) is 84.1 cm³/mol. The second-order valence-electron chi connectivity index (χ2n) is 5.38. The lowest BCUT2D eigenvalue weighted by molar-refractivity contribution is 0.406. The zero-order valence-electron chi connectivity index (χ0n) is 12.8. The molecule has 3 heteroatoms. The third kappa shape index (κ3) is 4.30. The van der Waals surface area contributed by atoms with E-state index >= 15 is 0 Å². The first-order valence-corrected chi connectivity index (χ1v) is 7.20. The molecule has 0 fully saturated rings. The molecule has 2 rings (SSSR count). The average Bonchev–Trinajstić information content (AvgIpc) is 2.49. The molecule has 2 aromatic rings. The van der Waals surface area contributed by atoms with Gasteiger partial charge in [-0.3, -0.25) is 0 Å². The van der Waals surface area contributed by atoms with Crippen LogP contribution in [0, 0.1) is 12.7 Å². The minimum atomic E-state index is -0.152. The molecule has 2 aromatic carbocycles. The number of halogens is 1. The molecule has 2 nitrogen and oxygen atoms in total. The van der Waals surface area contributed by atoms with E-state index in [2.05, 4.69) is 18.3 Å². The first-order valence-electron chi connectivity index (χ1n) is 7.20. The molecule has 1 unspecified atom stereocenters. The summed E-state index contributed by atoms with van der Waals surface area (Å²) in [4.78, 5) is 0. The second kappa shape index (κ2) is 7.23. The Labute approximate surface area is 126 Å². The Kier molecular flexibility index (Phi) is 5.34. The van der Waals surface area contributed by atoms with Gasteiger partial charge in [0.1, 0.15) is 11.6 Å². The van der Waals surface area contributed by atoms with E-state index in [0.717, 1.165) is 24.3 Å². The van der Waals surface area contributed by atoms with Crippen molar-refractivity contribution in [3.05, 3.63) is 65.0 Å². The molecule has 1 atom stereocenters. The molecule has 0 saturated heterocycles. The minimum Gasteiger partial charge on any atom is -0.496 e. The summed E-state index contributed by atoms with van der Waals surface area (Å²) in [6.07, 6.45) is 0.893. The Morgan fingerprint density at radius 3 is 2.67 bits per heavy atom. The smallest absolute Gasteiger partial charge is 0.126 e. The molecule has 0 aliphatic rings. The number of ether oxygens (including phenoxy) is 1. The third-order valence-corrected chi connectivity index (χ3v) is 3.60. The Hall–Kier alpha value is -1.87. The van der Waals surface area contributed by atoms with Crippen molar-refractivity contribution in [1.29, 1.82) is 0 Å². The molecule has 112 valence electrons. The maximum absolute atomic E-state index is 13.2. The number of benzene rings is 2. The van der Waals surface area contributed by atoms with Crippen molar-refractivity contribution in [3.63, 3.8) is 0 Å². The predicted octanol–water partition coefficient (Wildman–Crippen LogP) is 3.86. The van der Waals surface area contributed by atoms with Gasteiger partial charge < -0.3 is 10.1 Å². The van der Waals surface area contributed by atoms with Gasteiger partial charge in [-0.1, -0.05) is 30.3 Å². The number of methoxy groups -OCH3 is 1. The molecule has 0 aliphatic carbocycles. The zero-order valence-corrected chi connectivity index (χ0v) is 12.8. The van der Waals surface area contributed by atoms with Crippen LogP contribution < -0.4 is 10.1 Å². The average molecular weight is 287 g/mol. The van der Waals surface area contributed by atoms with Gasteiger partial charge in [0.15, 0.2) is 0 Å². The van der Waals surface area contributed by atoms with E-state index in [0.29, 0.717) is 11.6 Å². The topological polar surface area (TPSA) is 21.3 Å². The van der Waals surface area contributed by atoms with E-state index in [-0.39, 0.29) is 5.82 Å². The molecule has 0 spiro atoms. The summed E-state index contributed by atoms with van der Waals surface area (Å²) in [5.41, 5.74) is 2.97. The van der Waals surface area contributed by atoms with Crippen LogP contribution in [0.4, 0.5) is 4.39 Å². The fraction of sp³-hybridized carbons (Fsp3) is 0.333. The van der Waals surface area contributed by atoms with Crippen molar-refractivity contribution in [2.45, 2.75) is 32.9 Å². The highest BCUT2D eigenvalue weighted by Crippen LogP contribution is 2.19. The summed E-state index contributed by atoms with van der Waals surface area (Å²) >= 11 is 0. The molecule has 1 N–H and O–H groups in total. The molecule has 0 aliphatic heterocycles. The van der Waals surface area contributed by atoms with E-state index in [1.54, 1.807) is 14.0 Å². The van der Waals surface area contributed by atoms with Crippen LogP contribution in [-0.4, -0.2) is 13.2 Å². The molecular weight excluding hydrogens is 265 g/mol. The van der Waals surface area contributed by atoms with E-state index in [4.69, 9.17) is 4.74 Å². The van der Waals surface area contributed by atoms with Gasteiger partial charge in [0.2, 0.25) is 0 Å². The highest BCUT2D eigenvalue weighted by molar-refractivity contribution is 5.33. The molecule has 0 amide bonds. The Bertz CT molecular complexity index is 598. The lowest BCUT2D eigenvalue weighted by Crippen LogP contribution is -2.27. The summed E-state index contributed by atoms with van der Waals surface area (Å²) in [7, 11) is 1.69. The zero-order chi connectivity index (χ0) is 15.2. The van der Waals surface area contributed by atoms with Crippen LogP contribution in [0.3, 0.4) is 0 Å². The second-order valence-corrected chi connectivity index (χ2v) is 5.38. The molecule has 0 radical (unpaired) electrons. The van der Waals surface area contributed by atoms with Crippen molar-refractivity contribution in [1.82, 2.24) is 5.32 Å². The maximum atomic E-state index is 13.2. The van der Waals surface area contributed by atoms with Crippen LogP contribution >= 0.6 is 0 Å². The van der Waals surface area contributed by atoms with Crippen molar-refractivity contribution in [3.8, 4) is 5.75 Å². The van der Waals surface area contributed by atoms with Gasteiger partial charge in [-0.2, -0.15) is 0 Å². The highest BCUT2D eigenvalue weighted by atomic mass is 19.1. The fourth-order valence-electron chi connectivity index (χ4n) is 2.38. The van der Waals surface area contributed by atoms with Gasteiger partial charge in [-0.15, -0.1) is 0 Å². The quantitative estimate of drug-likeness (QED) is 0.871. The van der Waals surface area contributed by atoms with Gasteiger partial charge >= 0.3 is 0 Å². The maximum Gasteiger partial charge on any atom is 0.126 e. The standard InChI is InChI=1S/C18H22FNO/c1-13-10-15(8-9-17(13)19)12-20-14(2)11-16-6-4-5-7-18(16)21-3/h4-10,14,20H,11-12H2,1-3H3. The van der Waals surface area contributed by atoms with Crippen molar-refractivity contribution in [2.75, 3.05) is 7.11 Å². The van der Waals surface area contributed by atoms with Crippen LogP contribution in [0.2, 0.25) is 0 Å². The lowest BCUT2D eigenvalue weighted by atomic mass is 10.1. The SMILES string of the molecule is COc1ccccc1CC(C)NCc1ccc(F)c(C)c1. The van der Waals surface area contributed by atoms with Crippen LogP contribution in [0.5, 0.6) is 5.75 Å². The molecule has 0 aromatic heterocycles. The van der Waals surface area contributed by atoms with E-state index in [1.165, 1.54) is 11.6 Å². The monoisotopic (exact) mass is 287 g/mol. The normalized spacial score (nSPS) is 12.2. The van der Waals surface area contributed by atoms with Crippen molar-refractivity contribution < 1.29 is 9.13 Å². The third-order valence-electron chi connectivity index (χ3n) is 3.60. The first-order chi connectivity index (χ1) is 10.1. The number of para-hydroxylation sites is 1. The van der Waals surface area contributed by atoms with E-state index < -0.39 is 0 Å². The summed E-state index contributed by atoms with van der Waals surface area (Å²) in [5, 5.41) is 3.47. The highest BCUT2D eigenvalue weighted by Gasteiger charge is 2.08. The van der Waals surface area contributed by atoms with Gasteiger partial charge in [0.25, 0.3) is 0 Å². The molecule has 0 saturated carbocycles. The van der Waals surface area contributed by atoms with Crippen LogP contribution in [0.15, 0.2) is 42.5 Å². The number of hydrogen-bond donors (Lipinski definition) is 1. The van der Waals surface area contributed by atoms with Gasteiger partial charge in [0, 0.05) is 12.6 Å². The van der Waals surface area contributed by atoms with E-state index in [1.807, 2.05) is 30.3 Å². The molecule has 0 bridgehead atoms. The minimum absolute atomic E-state index is 0.152. The Morgan fingerprint density at radius 1 is 1.19 bits per heavy atom. The molecule has 0 heterocycles. The number of rotatable bonds is 6. The lowest BCUT2D eigenvalue weighted by Gasteiger charge is -2.16. The number of aryl methyl sites for hydroxylation is 1. The van der Waals surface area contributed by atoms with Gasteiger partial charge in [0.05, 0.1) is 7.11 Å². The van der Waals surface area contributed by atoms with Crippen LogP contribution in [0.1, 0.15) is 23.6 Å².